The molecule has 0 aromatic rings. The van der Waals surface area contributed by atoms with Crippen LogP contribution in [-0.4, -0.2) is 7.85 Å². The monoisotopic (exact) mass is 148 g/mol. The fourth-order valence-electron chi connectivity index (χ4n) is 1.74. The van der Waals surface area contributed by atoms with Gasteiger partial charge in [0.15, 0.2) is 0 Å². The van der Waals surface area contributed by atoms with E-state index in [4.69, 9.17) is 0 Å². The van der Waals surface area contributed by atoms with Crippen LogP contribution in [0.15, 0.2) is 24.8 Å². The molecule has 0 nitrogen and oxygen atoms in total. The van der Waals surface area contributed by atoms with E-state index in [0.717, 1.165) is 17.7 Å². The van der Waals surface area contributed by atoms with Crippen LogP contribution in [0, 0.1) is 11.8 Å². The molecule has 11 heavy (non-hydrogen) atoms. The minimum atomic E-state index is 0.779. The van der Waals surface area contributed by atoms with E-state index in [0.29, 0.717) is 0 Å². The minimum Gasteiger partial charge on any atom is -0.103 e. The van der Waals surface area contributed by atoms with Crippen molar-refractivity contribution in [3.63, 3.8) is 0 Å². The van der Waals surface area contributed by atoms with Crippen LogP contribution in [0.5, 0.6) is 0 Å². The third-order valence-corrected chi connectivity index (χ3v) is 2.82. The molecule has 1 heteroatoms. The fraction of sp³-hybridized carbons (Fsp3) is 0.600. The van der Waals surface area contributed by atoms with E-state index in [-0.39, 0.29) is 0 Å². The molecule has 0 aromatic heterocycles. The molecule has 0 saturated heterocycles. The Labute approximate surface area is 70.8 Å². The van der Waals surface area contributed by atoms with Crippen molar-refractivity contribution in [2.24, 2.45) is 11.8 Å². The normalized spacial score (nSPS) is 37.0. The molecule has 0 aliphatic heterocycles. The Kier molecular flexibility index (Phi) is 2.98. The summed E-state index contributed by atoms with van der Waals surface area (Å²) in [6.07, 6.45) is 9.23. The summed E-state index contributed by atoms with van der Waals surface area (Å²) in [5.41, 5.74) is 0. The largest absolute Gasteiger partial charge is 0.106 e. The maximum Gasteiger partial charge on any atom is 0.106 e. The van der Waals surface area contributed by atoms with Crippen molar-refractivity contribution < 1.29 is 0 Å². The fourth-order valence-corrected chi connectivity index (χ4v) is 1.74. The summed E-state index contributed by atoms with van der Waals surface area (Å²) >= 11 is 0. The molecule has 3 atom stereocenters. The predicted octanol–water partition coefficient (Wildman–Crippen LogP) is 2.20. The van der Waals surface area contributed by atoms with Crippen LogP contribution >= 0.6 is 0 Å². The Morgan fingerprint density at radius 3 is 2.73 bits per heavy atom. The van der Waals surface area contributed by atoms with Gasteiger partial charge in [-0.15, -0.1) is 6.58 Å². The van der Waals surface area contributed by atoms with Crippen molar-refractivity contribution in [2.75, 3.05) is 0 Å². The minimum absolute atomic E-state index is 0.779. The van der Waals surface area contributed by atoms with Crippen LogP contribution in [0.1, 0.15) is 19.8 Å². The summed E-state index contributed by atoms with van der Waals surface area (Å²) in [4.78, 5) is 0. The smallest absolute Gasteiger partial charge is 0.103 e. The zero-order valence-corrected chi connectivity index (χ0v) is 7.59. The molecule has 0 N–H and O–H groups in total. The van der Waals surface area contributed by atoms with Gasteiger partial charge in [0, 0.05) is 0 Å². The first kappa shape index (κ1) is 8.64. The Morgan fingerprint density at radius 1 is 1.55 bits per heavy atom. The molecular formula is C10H17B. The first-order valence-electron chi connectivity index (χ1n) is 4.58. The van der Waals surface area contributed by atoms with Gasteiger partial charge in [0.2, 0.25) is 0 Å². The molecule has 0 bridgehead atoms. The zero-order valence-electron chi connectivity index (χ0n) is 7.59. The van der Waals surface area contributed by atoms with E-state index in [1.165, 1.54) is 12.8 Å². The highest BCUT2D eigenvalue weighted by Crippen LogP contribution is 2.44. The molecule has 1 rings (SSSR count). The maximum atomic E-state index is 3.82. The Balaban J connectivity index is 2.32. The van der Waals surface area contributed by atoms with E-state index in [1.807, 2.05) is 0 Å². The van der Waals surface area contributed by atoms with Crippen molar-refractivity contribution in [3.8, 4) is 0 Å². The van der Waals surface area contributed by atoms with Gasteiger partial charge in [0.25, 0.3) is 0 Å². The van der Waals surface area contributed by atoms with Gasteiger partial charge in [-0.05, 0) is 24.7 Å². The van der Waals surface area contributed by atoms with Crippen molar-refractivity contribution in [1.29, 1.82) is 0 Å². The quantitative estimate of drug-likeness (QED) is 0.425. The summed E-state index contributed by atoms with van der Waals surface area (Å²) in [5, 5.41) is 0. The molecule has 1 saturated carbocycles. The molecule has 0 radical (unpaired) electrons. The van der Waals surface area contributed by atoms with Crippen LogP contribution in [0.3, 0.4) is 0 Å². The Bertz CT molecular complexity index is 160. The average molecular weight is 148 g/mol. The van der Waals surface area contributed by atoms with E-state index in [2.05, 4.69) is 39.6 Å². The van der Waals surface area contributed by atoms with Gasteiger partial charge in [-0.2, -0.15) is 0 Å². The molecule has 1 aliphatic rings. The van der Waals surface area contributed by atoms with Crippen LogP contribution in [0.25, 0.3) is 0 Å². The molecular weight excluding hydrogens is 131 g/mol. The third kappa shape index (κ3) is 1.77. The lowest BCUT2D eigenvalue weighted by Crippen LogP contribution is -2.29. The molecule has 0 aromatic carbocycles. The lowest BCUT2D eigenvalue weighted by molar-refractivity contribution is 0.297. The van der Waals surface area contributed by atoms with E-state index in [9.17, 15) is 0 Å². The van der Waals surface area contributed by atoms with E-state index in [1.54, 1.807) is 0 Å². The van der Waals surface area contributed by atoms with Crippen LogP contribution in [0.4, 0.5) is 0 Å². The van der Waals surface area contributed by atoms with Gasteiger partial charge in [-0.3, -0.25) is 0 Å². The molecule has 3 unspecified atom stereocenters. The Morgan fingerprint density at radius 2 is 2.27 bits per heavy atom. The third-order valence-electron chi connectivity index (χ3n) is 2.82. The first-order valence-corrected chi connectivity index (χ1v) is 4.58. The highest BCUT2D eigenvalue weighted by Gasteiger charge is 2.32. The number of allylic oxidation sites excluding steroid dienone is 3. The van der Waals surface area contributed by atoms with Crippen molar-refractivity contribution in [2.45, 2.75) is 25.6 Å². The van der Waals surface area contributed by atoms with E-state index < -0.39 is 0 Å². The average Bonchev–Trinajstić information content (AvgIpc) is 2.03. The van der Waals surface area contributed by atoms with Crippen LogP contribution < -0.4 is 0 Å². The topological polar surface area (TPSA) is 0 Å². The molecule has 60 valence electrons. The SMILES string of the molecule is BC1C(C=C)CC1/C=C\CC. The van der Waals surface area contributed by atoms with Crippen molar-refractivity contribution in [3.05, 3.63) is 24.8 Å². The predicted molar refractivity (Wildman–Crippen MR) is 53.5 cm³/mol. The van der Waals surface area contributed by atoms with Crippen molar-refractivity contribution in [1.82, 2.24) is 0 Å². The van der Waals surface area contributed by atoms with Gasteiger partial charge >= 0.3 is 0 Å². The van der Waals surface area contributed by atoms with Gasteiger partial charge in [0.05, 0.1) is 0 Å². The second-order valence-electron chi connectivity index (χ2n) is 3.49. The van der Waals surface area contributed by atoms with Gasteiger partial charge in [0.1, 0.15) is 7.85 Å². The van der Waals surface area contributed by atoms with Gasteiger partial charge < -0.3 is 0 Å². The molecule has 0 amide bonds. The summed E-state index contributed by atoms with van der Waals surface area (Å²) in [5.74, 6) is 2.44. The zero-order chi connectivity index (χ0) is 8.27. The maximum absolute atomic E-state index is 3.82. The number of hydrogen-bond acceptors (Lipinski definition) is 0. The van der Waals surface area contributed by atoms with Crippen molar-refractivity contribution >= 4 is 7.85 Å². The summed E-state index contributed by atoms with van der Waals surface area (Å²) < 4.78 is 0. The lowest BCUT2D eigenvalue weighted by atomic mass is 9.55. The number of hydrogen-bond donors (Lipinski definition) is 0. The highest BCUT2D eigenvalue weighted by molar-refractivity contribution is 6.13. The molecule has 0 spiro atoms. The lowest BCUT2D eigenvalue weighted by Gasteiger charge is -2.39. The van der Waals surface area contributed by atoms with Gasteiger partial charge in [-0.1, -0.05) is 31.0 Å². The van der Waals surface area contributed by atoms with Crippen LogP contribution in [-0.2, 0) is 0 Å². The first-order chi connectivity index (χ1) is 5.29. The summed E-state index contributed by atoms with van der Waals surface area (Å²) in [7, 11) is 2.32. The van der Waals surface area contributed by atoms with Gasteiger partial charge in [-0.25, -0.2) is 0 Å². The second kappa shape index (κ2) is 3.80. The Hall–Kier alpha value is -0.455. The summed E-state index contributed by atoms with van der Waals surface area (Å²) in [6.45, 7) is 6.01. The molecule has 0 heterocycles. The molecule has 1 aliphatic carbocycles. The summed E-state index contributed by atoms with van der Waals surface area (Å²) in [6, 6.07) is 0. The van der Waals surface area contributed by atoms with Crippen LogP contribution in [0.2, 0.25) is 5.82 Å². The highest BCUT2D eigenvalue weighted by atomic mass is 14.3. The standard InChI is InChI=1S/C10H17B/c1-3-5-6-9-7-8(4-2)10(9)11/h4-6,8-10H,2-3,7,11H2,1H3/b6-5-. The number of rotatable bonds is 3. The molecule has 1 fully saturated rings. The second-order valence-corrected chi connectivity index (χ2v) is 3.49. The van der Waals surface area contributed by atoms with E-state index >= 15 is 0 Å².